The third-order valence-electron chi connectivity index (χ3n) is 13.3. The number of carbonyl (C=O) groups is 1. The van der Waals surface area contributed by atoms with Crippen LogP contribution >= 0.6 is 0 Å². The van der Waals surface area contributed by atoms with E-state index >= 15 is 0 Å². The van der Waals surface area contributed by atoms with Gasteiger partial charge in [0, 0.05) is 11.0 Å². The number of carboxylic acid groups (broad SMARTS) is 1. The predicted molar refractivity (Wildman–Crippen MR) is 134 cm³/mol. The maximum Gasteiger partial charge on any atom is 0.330 e. The minimum absolute atomic E-state index is 0.00131. The quantitative estimate of drug-likeness (QED) is 0.416. The largest absolute Gasteiger partial charge is 0.478 e. The van der Waals surface area contributed by atoms with Crippen LogP contribution in [0.5, 0.6) is 0 Å². The van der Waals surface area contributed by atoms with Crippen molar-refractivity contribution in [3.8, 4) is 0 Å². The molecule has 4 heteroatoms. The fourth-order valence-electron chi connectivity index (χ4n) is 11.1. The Labute approximate surface area is 206 Å². The summed E-state index contributed by atoms with van der Waals surface area (Å²) in [6.45, 7) is 13.6. The number of allylic oxidation sites excluding steroid dienone is 1. The zero-order valence-electron chi connectivity index (χ0n) is 22.4. The Morgan fingerprint density at radius 1 is 0.971 bits per heavy atom. The maximum atomic E-state index is 11.7. The van der Waals surface area contributed by atoms with E-state index in [1.165, 1.54) is 38.5 Å². The lowest BCUT2D eigenvalue weighted by Crippen LogP contribution is -2.59. The SMILES string of the molecule is C/C(=C\CC[C@@H](C)[C@H]1C[C@@H](O)[C@@]2(C)[C@@H]3CC[C@H]4C(C)(C)[C@@H](O)CC[C@@]45C[C@@]35CC[C@]12C)C(=O)O. The average molecular weight is 473 g/mol. The van der Waals surface area contributed by atoms with Crippen LogP contribution in [0, 0.1) is 50.7 Å². The second-order valence-electron chi connectivity index (χ2n) is 14.4. The molecule has 0 aromatic rings. The van der Waals surface area contributed by atoms with E-state index in [-0.39, 0.29) is 28.5 Å². The normalized spacial score (nSPS) is 52.1. The Hall–Kier alpha value is -0.870. The molecule has 4 nitrogen and oxygen atoms in total. The van der Waals surface area contributed by atoms with Gasteiger partial charge in [0.2, 0.25) is 0 Å². The minimum atomic E-state index is -0.826. The molecule has 5 aliphatic rings. The molecule has 5 rings (SSSR count). The molecule has 0 saturated heterocycles. The Morgan fingerprint density at radius 2 is 1.62 bits per heavy atom. The Balaban J connectivity index is 1.40. The van der Waals surface area contributed by atoms with E-state index in [4.69, 9.17) is 0 Å². The maximum absolute atomic E-state index is 11.7. The average Bonchev–Trinajstić information content (AvgIpc) is 3.39. The fraction of sp³-hybridized carbons (Fsp3) is 0.900. The van der Waals surface area contributed by atoms with Crippen molar-refractivity contribution >= 4 is 5.97 Å². The van der Waals surface area contributed by atoms with E-state index in [2.05, 4.69) is 34.6 Å². The van der Waals surface area contributed by atoms with Crippen molar-refractivity contribution in [2.75, 3.05) is 0 Å². The molecule has 0 aromatic carbocycles. The second kappa shape index (κ2) is 7.57. The van der Waals surface area contributed by atoms with Gasteiger partial charge in [0.25, 0.3) is 0 Å². The third kappa shape index (κ3) is 2.88. The van der Waals surface area contributed by atoms with E-state index in [1.54, 1.807) is 6.92 Å². The number of hydrogen-bond acceptors (Lipinski definition) is 3. The van der Waals surface area contributed by atoms with Crippen molar-refractivity contribution in [1.82, 2.24) is 0 Å². The number of carboxylic acids is 1. The highest BCUT2D eigenvalue weighted by molar-refractivity contribution is 5.85. The van der Waals surface area contributed by atoms with Crippen molar-refractivity contribution in [2.24, 2.45) is 50.7 Å². The summed E-state index contributed by atoms with van der Waals surface area (Å²) in [5.74, 6) is 1.34. The molecule has 10 atom stereocenters. The van der Waals surface area contributed by atoms with Crippen LogP contribution in [-0.4, -0.2) is 33.5 Å². The van der Waals surface area contributed by atoms with E-state index in [9.17, 15) is 20.1 Å². The van der Waals surface area contributed by atoms with Crippen molar-refractivity contribution in [3.05, 3.63) is 11.6 Å². The number of rotatable bonds is 5. The third-order valence-corrected chi connectivity index (χ3v) is 13.3. The van der Waals surface area contributed by atoms with E-state index in [0.717, 1.165) is 25.7 Å². The van der Waals surface area contributed by atoms with Crippen molar-refractivity contribution < 1.29 is 20.1 Å². The fourth-order valence-corrected chi connectivity index (χ4v) is 11.1. The van der Waals surface area contributed by atoms with Crippen LogP contribution in [0.3, 0.4) is 0 Å². The van der Waals surface area contributed by atoms with Gasteiger partial charge in [-0.3, -0.25) is 0 Å². The summed E-state index contributed by atoms with van der Waals surface area (Å²) in [4.78, 5) is 11.2. The van der Waals surface area contributed by atoms with Gasteiger partial charge in [-0.05, 0) is 116 Å². The summed E-state index contributed by atoms with van der Waals surface area (Å²) in [5, 5.41) is 31.8. The molecule has 5 fully saturated rings. The van der Waals surface area contributed by atoms with Crippen molar-refractivity contribution in [1.29, 1.82) is 0 Å². The summed E-state index contributed by atoms with van der Waals surface area (Å²) in [5.41, 5.74) is 1.29. The molecule has 5 saturated carbocycles. The summed E-state index contributed by atoms with van der Waals surface area (Å²) in [6.07, 6.45) is 12.5. The molecule has 2 spiro atoms. The predicted octanol–water partition coefficient (Wildman–Crippen LogP) is 6.20. The Kier molecular flexibility index (Phi) is 5.52. The molecule has 0 aromatic heterocycles. The monoisotopic (exact) mass is 472 g/mol. The molecular formula is C30H48O4. The number of hydrogen-bond donors (Lipinski definition) is 3. The van der Waals surface area contributed by atoms with Gasteiger partial charge < -0.3 is 15.3 Å². The molecule has 5 aliphatic carbocycles. The zero-order valence-corrected chi connectivity index (χ0v) is 22.4. The number of aliphatic hydroxyl groups is 2. The van der Waals surface area contributed by atoms with Crippen LogP contribution in [-0.2, 0) is 4.79 Å². The van der Waals surface area contributed by atoms with Gasteiger partial charge in [-0.15, -0.1) is 0 Å². The second-order valence-corrected chi connectivity index (χ2v) is 14.4. The van der Waals surface area contributed by atoms with E-state index in [1.807, 2.05) is 6.08 Å². The summed E-state index contributed by atoms with van der Waals surface area (Å²) in [7, 11) is 0. The number of fused-ring (bicyclic) bond motifs is 2. The van der Waals surface area contributed by atoms with Crippen molar-refractivity contribution in [3.63, 3.8) is 0 Å². The highest BCUT2D eigenvalue weighted by Crippen LogP contribution is 2.89. The summed E-state index contributed by atoms with van der Waals surface area (Å²) >= 11 is 0. The van der Waals surface area contributed by atoms with Crippen LogP contribution in [0.4, 0.5) is 0 Å². The first-order valence-electron chi connectivity index (χ1n) is 14.0. The molecule has 3 N–H and O–H groups in total. The minimum Gasteiger partial charge on any atom is -0.478 e. The molecule has 0 unspecified atom stereocenters. The smallest absolute Gasteiger partial charge is 0.330 e. The summed E-state index contributed by atoms with van der Waals surface area (Å²) in [6, 6.07) is 0. The molecule has 0 aliphatic heterocycles. The lowest BCUT2D eigenvalue weighted by Gasteiger charge is -2.63. The standard InChI is InChI=1S/C30H48O4/c1-18(8-7-9-19(2)25(33)34)20-16-24(32)28(6)22-11-10-21-26(3,4)23(31)12-13-29(21)17-30(22,29)15-14-27(20,28)5/h9,18,20-24,31-32H,7-8,10-17H2,1-6H3,(H,33,34)/b19-9+/t18-,20-,21+,22+,23+,24-,27-,28-,29-,30+/m1/s1. The number of aliphatic hydroxyl groups excluding tert-OH is 2. The first kappa shape index (κ1) is 24.8. The molecule has 34 heavy (non-hydrogen) atoms. The van der Waals surface area contributed by atoms with E-state index in [0.29, 0.717) is 40.1 Å². The highest BCUT2D eigenvalue weighted by Gasteiger charge is 2.83. The van der Waals surface area contributed by atoms with Crippen LogP contribution in [0.25, 0.3) is 0 Å². The van der Waals surface area contributed by atoms with Crippen LogP contribution in [0.15, 0.2) is 11.6 Å². The van der Waals surface area contributed by atoms with Gasteiger partial charge in [-0.1, -0.05) is 40.7 Å². The topological polar surface area (TPSA) is 77.8 Å². The van der Waals surface area contributed by atoms with Crippen LogP contribution < -0.4 is 0 Å². The van der Waals surface area contributed by atoms with Gasteiger partial charge in [0.1, 0.15) is 0 Å². The molecule has 192 valence electrons. The summed E-state index contributed by atoms with van der Waals surface area (Å²) < 4.78 is 0. The lowest BCUT2D eigenvalue weighted by molar-refractivity contribution is -0.181. The van der Waals surface area contributed by atoms with Gasteiger partial charge in [0.05, 0.1) is 12.2 Å². The lowest BCUT2D eigenvalue weighted by atomic mass is 9.41. The Morgan fingerprint density at radius 3 is 2.29 bits per heavy atom. The first-order chi connectivity index (χ1) is 15.8. The zero-order chi connectivity index (χ0) is 24.9. The van der Waals surface area contributed by atoms with Gasteiger partial charge in [0.15, 0.2) is 0 Å². The highest BCUT2D eigenvalue weighted by atomic mass is 16.4. The number of aliphatic carboxylic acids is 1. The molecule has 0 heterocycles. The molecule has 0 amide bonds. The van der Waals surface area contributed by atoms with Gasteiger partial charge in [-0.2, -0.15) is 0 Å². The van der Waals surface area contributed by atoms with E-state index < -0.39 is 5.97 Å². The van der Waals surface area contributed by atoms with Gasteiger partial charge >= 0.3 is 5.97 Å². The van der Waals surface area contributed by atoms with Gasteiger partial charge in [-0.25, -0.2) is 4.79 Å². The van der Waals surface area contributed by atoms with Crippen molar-refractivity contribution in [2.45, 2.75) is 118 Å². The Bertz CT molecular complexity index is 892. The first-order valence-corrected chi connectivity index (χ1v) is 14.0. The molecule has 0 radical (unpaired) electrons. The van der Waals surface area contributed by atoms with Crippen LogP contribution in [0.1, 0.15) is 106 Å². The molecule has 0 bridgehead atoms. The van der Waals surface area contributed by atoms with Crippen LogP contribution in [0.2, 0.25) is 0 Å². The molecular weight excluding hydrogens is 424 g/mol.